The van der Waals surface area contributed by atoms with Gasteiger partial charge in [-0.3, -0.25) is 4.79 Å². The Bertz CT molecular complexity index is 1380. The van der Waals surface area contributed by atoms with Crippen molar-refractivity contribution >= 4 is 17.2 Å². The second kappa shape index (κ2) is 11.6. The van der Waals surface area contributed by atoms with Crippen molar-refractivity contribution in [3.05, 3.63) is 86.6 Å². The Hall–Kier alpha value is -2.99. The van der Waals surface area contributed by atoms with E-state index in [4.69, 9.17) is 0 Å². The normalized spacial score (nSPS) is 22.4. The van der Waals surface area contributed by atoms with Crippen LogP contribution in [0.25, 0.3) is 0 Å². The van der Waals surface area contributed by atoms with Crippen molar-refractivity contribution in [1.82, 2.24) is 15.2 Å². The molecular weight excluding hydrogens is 583 g/mol. The molecule has 4 nitrogen and oxygen atoms in total. The van der Waals surface area contributed by atoms with Crippen molar-refractivity contribution in [1.29, 1.82) is 0 Å². The number of carbonyl (C=O) groups excluding carboxylic acids is 1. The second-order valence-corrected chi connectivity index (χ2v) is 12.3. The van der Waals surface area contributed by atoms with Crippen LogP contribution in [0.5, 0.6) is 0 Å². The van der Waals surface area contributed by atoms with Gasteiger partial charge in [0, 0.05) is 18.0 Å². The number of piperidine rings is 1. The smallest absolute Gasteiger partial charge is 0.351 e. The summed E-state index contributed by atoms with van der Waals surface area (Å²) in [4.78, 5) is 20.7. The summed E-state index contributed by atoms with van der Waals surface area (Å²) < 4.78 is 93.4. The van der Waals surface area contributed by atoms with Crippen LogP contribution in [0.2, 0.25) is 0 Å². The number of halogens is 7. The molecule has 0 bridgehead atoms. The Morgan fingerprint density at radius 3 is 2.17 bits per heavy atom. The van der Waals surface area contributed by atoms with Crippen molar-refractivity contribution in [2.75, 3.05) is 13.1 Å². The van der Waals surface area contributed by atoms with Crippen molar-refractivity contribution < 1.29 is 35.5 Å². The van der Waals surface area contributed by atoms with Crippen LogP contribution in [0.4, 0.5) is 30.7 Å². The maximum Gasteiger partial charge on any atom is 0.416 e. The summed E-state index contributed by atoms with van der Waals surface area (Å²) in [7, 11) is 0. The number of nitrogens with one attached hydrogen (secondary N) is 1. The quantitative estimate of drug-likeness (QED) is 0.291. The Labute approximate surface area is 242 Å². The molecule has 2 heterocycles. The van der Waals surface area contributed by atoms with Gasteiger partial charge >= 0.3 is 12.4 Å². The number of aryl methyl sites for hydroxylation is 1. The van der Waals surface area contributed by atoms with E-state index >= 15 is 0 Å². The first-order valence-corrected chi connectivity index (χ1v) is 14.6. The lowest BCUT2D eigenvalue weighted by atomic mass is 9.81. The monoisotopic (exact) mass is 613 g/mol. The first kappa shape index (κ1) is 30.5. The number of likely N-dealkylation sites (tertiary alicyclic amines) is 1. The van der Waals surface area contributed by atoms with Crippen LogP contribution in [0.1, 0.15) is 71.0 Å². The van der Waals surface area contributed by atoms with Gasteiger partial charge < -0.3 is 10.2 Å². The van der Waals surface area contributed by atoms with Gasteiger partial charge in [-0.2, -0.15) is 26.3 Å². The number of carbonyl (C=O) groups is 1. The zero-order chi connectivity index (χ0) is 30.3. The zero-order valence-corrected chi connectivity index (χ0v) is 23.6. The maximum absolute atomic E-state index is 13.8. The number of benzene rings is 2. The van der Waals surface area contributed by atoms with Crippen LogP contribution in [-0.4, -0.2) is 34.9 Å². The molecule has 1 N–H and O–H groups in total. The molecule has 0 radical (unpaired) electrons. The van der Waals surface area contributed by atoms with Crippen molar-refractivity contribution in [2.24, 2.45) is 0 Å². The van der Waals surface area contributed by atoms with Gasteiger partial charge in [-0.1, -0.05) is 12.1 Å². The molecule has 0 spiro atoms. The number of amides is 1. The number of thiazole rings is 1. The minimum atomic E-state index is -4.97. The third-order valence-corrected chi connectivity index (χ3v) is 9.29. The van der Waals surface area contributed by atoms with Crippen LogP contribution < -0.4 is 5.32 Å². The topological polar surface area (TPSA) is 45.2 Å². The molecule has 12 heteroatoms. The van der Waals surface area contributed by atoms with Crippen molar-refractivity contribution in [3.63, 3.8) is 0 Å². The Morgan fingerprint density at radius 2 is 1.62 bits per heavy atom. The molecule has 1 aromatic heterocycles. The van der Waals surface area contributed by atoms with E-state index < -0.39 is 41.3 Å². The zero-order valence-electron chi connectivity index (χ0n) is 22.8. The highest BCUT2D eigenvalue weighted by molar-refractivity contribution is 7.09. The highest BCUT2D eigenvalue weighted by Gasteiger charge is 2.50. The van der Waals surface area contributed by atoms with E-state index in [9.17, 15) is 35.5 Å². The molecule has 2 fully saturated rings. The van der Waals surface area contributed by atoms with Crippen molar-refractivity contribution in [2.45, 2.75) is 75.3 Å². The largest absolute Gasteiger partial charge is 0.416 e. The average molecular weight is 614 g/mol. The Kier molecular flexibility index (Phi) is 8.41. The van der Waals surface area contributed by atoms with Crippen molar-refractivity contribution in [3.8, 4) is 0 Å². The van der Waals surface area contributed by atoms with E-state index in [1.165, 1.54) is 23.5 Å². The molecule has 1 amide bonds. The molecule has 1 saturated carbocycles. The van der Waals surface area contributed by atoms with Gasteiger partial charge in [0.15, 0.2) is 0 Å². The fourth-order valence-electron chi connectivity index (χ4n) is 6.28. The predicted molar refractivity (Wildman–Crippen MR) is 144 cm³/mol. The van der Waals surface area contributed by atoms with E-state index in [1.54, 1.807) is 0 Å². The molecule has 1 aliphatic heterocycles. The van der Waals surface area contributed by atoms with Gasteiger partial charge in [0.2, 0.25) is 5.91 Å². The molecule has 2 aliphatic rings. The predicted octanol–water partition coefficient (Wildman–Crippen LogP) is 7.61. The molecule has 2 atom stereocenters. The molecule has 2 aromatic carbocycles. The molecular formula is C30H30F7N3OS. The molecule has 5 rings (SSSR count). The Balaban J connectivity index is 1.31. The number of aromatic nitrogens is 1. The number of hydrogen-bond donors (Lipinski definition) is 1. The summed E-state index contributed by atoms with van der Waals surface area (Å²) in [5.74, 6) is -0.420. The van der Waals surface area contributed by atoms with Crippen LogP contribution in [0, 0.1) is 12.7 Å². The third-order valence-electron chi connectivity index (χ3n) is 8.52. The van der Waals surface area contributed by atoms with Gasteiger partial charge in [0.25, 0.3) is 0 Å². The van der Waals surface area contributed by atoms with E-state index in [1.807, 2.05) is 24.4 Å². The lowest BCUT2D eigenvalue weighted by Crippen LogP contribution is -2.45. The van der Waals surface area contributed by atoms with E-state index in [-0.39, 0.29) is 23.5 Å². The highest BCUT2D eigenvalue weighted by atomic mass is 32.1. The summed E-state index contributed by atoms with van der Waals surface area (Å²) in [6.45, 7) is 2.92. The molecule has 3 aromatic rings. The van der Waals surface area contributed by atoms with Gasteiger partial charge in [-0.15, -0.1) is 11.3 Å². The van der Waals surface area contributed by atoms with Gasteiger partial charge in [-0.25, -0.2) is 9.37 Å². The molecule has 1 saturated heterocycles. The minimum absolute atomic E-state index is 0.0670. The first-order valence-electron chi connectivity index (χ1n) is 13.7. The van der Waals surface area contributed by atoms with Gasteiger partial charge in [0.1, 0.15) is 5.82 Å². The van der Waals surface area contributed by atoms with E-state index in [0.717, 1.165) is 36.5 Å². The standard InChI is InChI=1S/C30H30F7N3OS/c1-18-39-26(17-42-18)28(27(41)38-16-19-12-22(29(32,33)34)14-23(13-19)30(35,36)37)9-6-25(15-28)40-10-7-21(8-11-40)20-2-4-24(31)5-3-20/h2-5,12-14,17,21,25H,6-11,15-16H2,1H3,(H,38,41). The average Bonchev–Trinajstić information content (AvgIpc) is 3.59. The van der Waals surface area contributed by atoms with Gasteiger partial charge in [0.05, 0.1) is 27.2 Å². The Morgan fingerprint density at radius 1 is 1.00 bits per heavy atom. The second-order valence-electron chi connectivity index (χ2n) is 11.2. The summed E-state index contributed by atoms with van der Waals surface area (Å²) in [6.07, 6.45) is -6.57. The van der Waals surface area contributed by atoms with Crippen LogP contribution in [0.3, 0.4) is 0 Å². The minimum Gasteiger partial charge on any atom is -0.351 e. The summed E-state index contributed by atoms with van der Waals surface area (Å²) in [5, 5.41) is 5.21. The van der Waals surface area contributed by atoms with Crippen LogP contribution >= 0.6 is 11.3 Å². The van der Waals surface area contributed by atoms with Crippen LogP contribution in [-0.2, 0) is 29.1 Å². The SMILES string of the molecule is Cc1nc(C2(C(=O)NCc3cc(C(F)(F)F)cc(C(F)(F)F)c3)CCC(N3CCC(c4ccc(F)cc4)CC3)C2)cs1. The molecule has 2 unspecified atom stereocenters. The number of nitrogens with zero attached hydrogens (tertiary/aromatic N) is 2. The van der Waals surface area contributed by atoms with E-state index in [0.29, 0.717) is 43.0 Å². The number of rotatable bonds is 6. The first-order chi connectivity index (χ1) is 19.7. The fourth-order valence-corrected chi connectivity index (χ4v) is 6.99. The third kappa shape index (κ3) is 6.49. The van der Waals surface area contributed by atoms with Crippen LogP contribution in [0.15, 0.2) is 47.8 Å². The fraction of sp³-hybridized carbons (Fsp3) is 0.467. The lowest BCUT2D eigenvalue weighted by molar-refractivity contribution is -0.143. The van der Waals surface area contributed by atoms with Gasteiger partial charge in [-0.05, 0) is 99.5 Å². The molecule has 226 valence electrons. The summed E-state index contributed by atoms with van der Waals surface area (Å²) >= 11 is 1.39. The maximum atomic E-state index is 13.8. The molecule has 42 heavy (non-hydrogen) atoms. The highest BCUT2D eigenvalue weighted by Crippen LogP contribution is 2.45. The lowest BCUT2D eigenvalue weighted by Gasteiger charge is -2.37. The number of hydrogen-bond acceptors (Lipinski definition) is 4. The number of alkyl halides is 6. The van der Waals surface area contributed by atoms with E-state index in [2.05, 4.69) is 15.2 Å². The summed E-state index contributed by atoms with van der Waals surface area (Å²) in [6, 6.07) is 7.97. The summed E-state index contributed by atoms with van der Waals surface area (Å²) in [5.41, 5.74) is -2.50. The molecule has 1 aliphatic carbocycles.